The molecule has 1 aromatic carbocycles. The second kappa shape index (κ2) is 7.79. The molecule has 1 aliphatic rings. The Morgan fingerprint density at radius 1 is 1.00 bits per heavy atom. The summed E-state index contributed by atoms with van der Waals surface area (Å²) in [5.41, 5.74) is 1.32. The fraction of sp³-hybridized carbons (Fsp3) is 0.333. The number of benzene rings is 1. The van der Waals surface area contributed by atoms with Crippen molar-refractivity contribution in [3.05, 3.63) is 60.2 Å². The van der Waals surface area contributed by atoms with E-state index in [1.807, 2.05) is 18.2 Å². The molecule has 0 amide bonds. The van der Waals surface area contributed by atoms with Crippen LogP contribution in [-0.2, 0) is 23.2 Å². The molecular weight excluding hydrogens is 271 g/mol. The van der Waals surface area contributed by atoms with Crippen LogP contribution in [0.2, 0.25) is 7.25 Å². The third-order valence-electron chi connectivity index (χ3n) is 2.21. The molecule has 0 saturated heterocycles. The summed E-state index contributed by atoms with van der Waals surface area (Å²) in [6, 6.07) is 10.3. The minimum Gasteiger partial charge on any atom is -0.0622 e. The van der Waals surface area contributed by atoms with Crippen LogP contribution in [0.3, 0.4) is 0 Å². The van der Waals surface area contributed by atoms with Gasteiger partial charge in [0.1, 0.15) is 0 Å². The van der Waals surface area contributed by atoms with Crippen LogP contribution in [0.4, 0.5) is 0 Å². The van der Waals surface area contributed by atoms with Gasteiger partial charge in [-0.2, -0.15) is 0 Å². The van der Waals surface area contributed by atoms with E-state index in [1.54, 1.807) is 0 Å². The Balaban J connectivity index is 0.000000165. The van der Waals surface area contributed by atoms with Crippen LogP contribution in [-0.4, -0.2) is 0 Å². The van der Waals surface area contributed by atoms with Crippen LogP contribution in [0, 0.1) is 6.92 Å². The van der Waals surface area contributed by atoms with Crippen molar-refractivity contribution in [2.24, 2.45) is 0 Å². The van der Waals surface area contributed by atoms with E-state index in [9.17, 15) is 0 Å². The summed E-state index contributed by atoms with van der Waals surface area (Å²) in [6.07, 6.45) is 9.03. The number of hydrogen-bond acceptors (Lipinski definition) is 0. The predicted octanol–water partition coefficient (Wildman–Crippen LogP) is 4.81. The van der Waals surface area contributed by atoms with Crippen LogP contribution in [0.1, 0.15) is 19.4 Å². The normalized spacial score (nSPS) is 13.8. The summed E-state index contributed by atoms with van der Waals surface area (Å²) < 4.78 is 1.89. The second-order valence-corrected chi connectivity index (χ2v) is 9.57. The third-order valence-corrected chi connectivity index (χ3v) is 5.75. The first-order valence-corrected chi connectivity index (χ1v) is 8.65. The Morgan fingerprint density at radius 2 is 1.56 bits per heavy atom. The zero-order chi connectivity index (χ0) is 11.8. The zero-order valence-corrected chi connectivity index (χ0v) is 12.8. The maximum absolute atomic E-state index is 2.34. The first kappa shape index (κ1) is 13.6. The fourth-order valence-electron chi connectivity index (χ4n) is 1.46. The molecule has 0 atom stereocenters. The Bertz CT molecular complexity index is 324. The minimum atomic E-state index is -0.109. The monoisotopic (exact) mass is 290 g/mol. The molecule has 0 fully saturated rings. The molecule has 0 N–H and O–H groups in total. The van der Waals surface area contributed by atoms with Crippen LogP contribution in [0.25, 0.3) is 0 Å². The van der Waals surface area contributed by atoms with Gasteiger partial charge in [0.2, 0.25) is 0 Å². The Morgan fingerprint density at radius 3 is 1.94 bits per heavy atom. The van der Waals surface area contributed by atoms with Gasteiger partial charge in [0.05, 0.1) is 0 Å². The average molecular weight is 292 g/mol. The molecule has 84 valence electrons. The van der Waals surface area contributed by atoms with Crippen molar-refractivity contribution in [2.45, 2.75) is 28.0 Å². The second-order valence-electron chi connectivity index (χ2n) is 4.27. The number of aryl methyl sites for hydroxylation is 1. The van der Waals surface area contributed by atoms with Crippen LogP contribution < -0.4 is 0 Å². The number of rotatable bonds is 2. The summed E-state index contributed by atoms with van der Waals surface area (Å²) in [4.78, 5) is 0. The van der Waals surface area contributed by atoms with Crippen molar-refractivity contribution in [1.82, 2.24) is 0 Å². The van der Waals surface area contributed by atoms with Gasteiger partial charge < -0.3 is 0 Å². The molecule has 0 bridgehead atoms. The van der Waals surface area contributed by atoms with Crippen molar-refractivity contribution in [3.8, 4) is 0 Å². The van der Waals surface area contributed by atoms with E-state index in [4.69, 9.17) is 0 Å². The van der Waals surface area contributed by atoms with E-state index in [0.29, 0.717) is 0 Å². The van der Waals surface area contributed by atoms with E-state index >= 15 is 0 Å². The van der Waals surface area contributed by atoms with E-state index in [1.165, 1.54) is 5.56 Å². The largest absolute Gasteiger partial charge is 0.0622 e. The molecule has 16 heavy (non-hydrogen) atoms. The first-order valence-electron chi connectivity index (χ1n) is 5.81. The molecule has 0 unspecified atom stereocenters. The van der Waals surface area contributed by atoms with Gasteiger partial charge in [0.25, 0.3) is 0 Å². The first-order chi connectivity index (χ1) is 7.68. The molecule has 1 heteroatoms. The van der Waals surface area contributed by atoms with E-state index in [0.717, 1.165) is 7.25 Å². The molecule has 0 nitrogen and oxygen atoms in total. The van der Waals surface area contributed by atoms with Crippen molar-refractivity contribution < 1.29 is 23.2 Å². The van der Waals surface area contributed by atoms with Crippen molar-refractivity contribution >= 4 is 0 Å². The SMILES string of the molecule is C[CH](C)[Zr][CH]1C=CC=C1.Cc1ccccc1. The molecule has 1 aliphatic carbocycles. The molecular formula is C15H20Zr. The summed E-state index contributed by atoms with van der Waals surface area (Å²) in [5.74, 6) is 0. The molecule has 0 spiro atoms. The molecule has 0 aliphatic heterocycles. The average Bonchev–Trinajstić information content (AvgIpc) is 2.71. The molecule has 1 aromatic rings. The van der Waals surface area contributed by atoms with Crippen molar-refractivity contribution in [1.29, 1.82) is 0 Å². The predicted molar refractivity (Wildman–Crippen MR) is 68.3 cm³/mol. The van der Waals surface area contributed by atoms with Gasteiger partial charge in [-0.1, -0.05) is 35.9 Å². The Kier molecular flexibility index (Phi) is 6.65. The molecule has 0 radical (unpaired) electrons. The van der Waals surface area contributed by atoms with E-state index in [-0.39, 0.29) is 23.2 Å². The Hall–Kier alpha value is -0.417. The van der Waals surface area contributed by atoms with Gasteiger partial charge in [-0.3, -0.25) is 0 Å². The van der Waals surface area contributed by atoms with Gasteiger partial charge in [0, 0.05) is 0 Å². The van der Waals surface area contributed by atoms with Crippen molar-refractivity contribution in [3.63, 3.8) is 0 Å². The van der Waals surface area contributed by atoms with Gasteiger partial charge in [-0.25, -0.2) is 0 Å². The number of hydrogen-bond donors (Lipinski definition) is 0. The number of allylic oxidation sites excluding steroid dienone is 4. The van der Waals surface area contributed by atoms with Gasteiger partial charge in [0.15, 0.2) is 0 Å². The third kappa shape index (κ3) is 6.23. The summed E-state index contributed by atoms with van der Waals surface area (Å²) in [7, 11) is 0. The summed E-state index contributed by atoms with van der Waals surface area (Å²) in [6.45, 7) is 6.76. The van der Waals surface area contributed by atoms with Crippen LogP contribution in [0.15, 0.2) is 54.6 Å². The smallest absolute Gasteiger partial charge is 0.0398 e. The topological polar surface area (TPSA) is 0 Å². The minimum absolute atomic E-state index is 0.109. The summed E-state index contributed by atoms with van der Waals surface area (Å²) in [5, 5.41) is 0. The molecule has 0 saturated carbocycles. The standard InChI is InChI=1S/C7H8.C5H5.C3H7.Zr/c1-7-5-3-2-4-6-7;1-2-4-5-3-1;1-3-2;/h2-6H,1H3;1-5H;3H,1-2H3;. The molecule has 0 heterocycles. The zero-order valence-electron chi connectivity index (χ0n) is 10.4. The fourth-order valence-corrected chi connectivity index (χ4v) is 4.45. The maximum atomic E-state index is 2.34. The van der Waals surface area contributed by atoms with Crippen LogP contribution in [0.5, 0.6) is 0 Å². The molecule has 2 rings (SSSR count). The van der Waals surface area contributed by atoms with Gasteiger partial charge >= 0.3 is 68.6 Å². The van der Waals surface area contributed by atoms with Gasteiger partial charge in [-0.15, -0.1) is 0 Å². The summed E-state index contributed by atoms with van der Waals surface area (Å²) >= 11 is -0.109. The quantitative estimate of drug-likeness (QED) is 0.734. The van der Waals surface area contributed by atoms with E-state index in [2.05, 4.69) is 57.2 Å². The maximum Gasteiger partial charge on any atom is -0.0398 e. The van der Waals surface area contributed by atoms with Crippen LogP contribution >= 0.6 is 0 Å². The Labute approximate surface area is 111 Å². The van der Waals surface area contributed by atoms with E-state index < -0.39 is 0 Å². The molecule has 0 aromatic heterocycles. The van der Waals surface area contributed by atoms with Crippen molar-refractivity contribution in [2.75, 3.05) is 0 Å². The van der Waals surface area contributed by atoms with Gasteiger partial charge in [-0.05, 0) is 6.92 Å².